The molecule has 42 heavy (non-hydrogen) atoms. The molecule has 3 aromatic rings. The number of carbonyl (C=O) groups excluding carboxylic acids is 2. The molecule has 1 aliphatic rings. The Morgan fingerprint density at radius 3 is 2.05 bits per heavy atom. The van der Waals surface area contributed by atoms with Gasteiger partial charge < -0.3 is 24.6 Å². The zero-order valence-corrected chi connectivity index (χ0v) is 25.6. The van der Waals surface area contributed by atoms with Gasteiger partial charge in [-0.2, -0.15) is 4.99 Å². The molecule has 0 atom stereocenters. The SMILES string of the molecule is COC(=O)c1cc(NC(=S)/N=C(/Nc2nc(C)cc(C)n2)N2CCN(c3cc(Cl)ccc3C)CC2)cc(C(=O)OC)c1. The largest absolute Gasteiger partial charge is 0.465 e. The number of nitrogens with zero attached hydrogens (tertiary/aromatic N) is 5. The molecule has 0 radical (unpaired) electrons. The number of thiocarbonyl (C=S) groups is 1. The lowest BCUT2D eigenvalue weighted by Gasteiger charge is -2.38. The van der Waals surface area contributed by atoms with E-state index in [-0.39, 0.29) is 16.2 Å². The van der Waals surface area contributed by atoms with Gasteiger partial charge in [0.2, 0.25) is 17.0 Å². The fourth-order valence-corrected chi connectivity index (χ4v) is 4.93. The van der Waals surface area contributed by atoms with Gasteiger partial charge >= 0.3 is 11.9 Å². The third-order valence-corrected chi connectivity index (χ3v) is 6.96. The van der Waals surface area contributed by atoms with Crippen molar-refractivity contribution in [3.8, 4) is 0 Å². The van der Waals surface area contributed by atoms with Crippen LogP contribution in [0.4, 0.5) is 17.3 Å². The number of rotatable bonds is 5. The van der Waals surface area contributed by atoms with Crippen LogP contribution in [0.25, 0.3) is 0 Å². The Hall–Kier alpha value is -4.29. The number of piperazine rings is 1. The number of guanidine groups is 1. The number of aromatic nitrogens is 2. The maximum Gasteiger partial charge on any atom is 0.337 e. The Labute approximate surface area is 254 Å². The lowest BCUT2D eigenvalue weighted by molar-refractivity contribution is 0.0599. The maximum absolute atomic E-state index is 12.2. The highest BCUT2D eigenvalue weighted by Gasteiger charge is 2.23. The predicted octanol–water partition coefficient (Wildman–Crippen LogP) is 4.62. The van der Waals surface area contributed by atoms with Crippen LogP contribution in [-0.4, -0.2) is 78.3 Å². The molecule has 0 aliphatic carbocycles. The lowest BCUT2D eigenvalue weighted by atomic mass is 10.1. The average molecular weight is 610 g/mol. The summed E-state index contributed by atoms with van der Waals surface area (Å²) in [7, 11) is 2.52. The van der Waals surface area contributed by atoms with E-state index in [1.807, 2.05) is 38.1 Å². The molecule has 11 nitrogen and oxygen atoms in total. The van der Waals surface area contributed by atoms with Crippen molar-refractivity contribution in [3.63, 3.8) is 0 Å². The Morgan fingerprint density at radius 2 is 1.48 bits per heavy atom. The van der Waals surface area contributed by atoms with Crippen LogP contribution in [-0.2, 0) is 9.47 Å². The first kappa shape index (κ1) is 30.7. The molecule has 2 heterocycles. The number of nitrogens with one attached hydrogen (secondary N) is 2. The Morgan fingerprint density at radius 1 is 0.881 bits per heavy atom. The van der Waals surface area contributed by atoms with E-state index in [0.717, 1.165) is 35.7 Å². The third-order valence-electron chi connectivity index (χ3n) is 6.53. The van der Waals surface area contributed by atoms with Crippen molar-refractivity contribution >= 4 is 64.2 Å². The number of anilines is 3. The van der Waals surface area contributed by atoms with E-state index in [4.69, 9.17) is 33.3 Å². The summed E-state index contributed by atoms with van der Waals surface area (Å²) in [4.78, 5) is 42.5. The van der Waals surface area contributed by atoms with E-state index in [9.17, 15) is 9.59 Å². The van der Waals surface area contributed by atoms with Crippen molar-refractivity contribution in [3.05, 3.63) is 75.6 Å². The first-order valence-corrected chi connectivity index (χ1v) is 13.9. The minimum atomic E-state index is -0.611. The molecule has 1 fully saturated rings. The molecule has 0 bridgehead atoms. The Kier molecular flexibility index (Phi) is 9.92. The molecule has 0 spiro atoms. The predicted molar refractivity (Wildman–Crippen MR) is 168 cm³/mol. The Balaban J connectivity index is 1.61. The highest BCUT2D eigenvalue weighted by Crippen LogP contribution is 2.25. The number of methoxy groups -OCH3 is 2. The van der Waals surface area contributed by atoms with Crippen molar-refractivity contribution in [2.45, 2.75) is 20.8 Å². The van der Waals surface area contributed by atoms with Crippen molar-refractivity contribution in [1.29, 1.82) is 0 Å². The van der Waals surface area contributed by atoms with Crippen LogP contribution in [0, 0.1) is 20.8 Å². The number of aryl methyl sites for hydroxylation is 3. The maximum atomic E-state index is 12.2. The second-order valence-electron chi connectivity index (χ2n) is 9.65. The minimum absolute atomic E-state index is 0.0906. The van der Waals surface area contributed by atoms with E-state index in [2.05, 4.69) is 42.3 Å². The second-order valence-corrected chi connectivity index (χ2v) is 10.5. The summed E-state index contributed by atoms with van der Waals surface area (Å²) in [6.45, 7) is 8.56. The van der Waals surface area contributed by atoms with Gasteiger partial charge in [-0.3, -0.25) is 5.32 Å². The van der Waals surface area contributed by atoms with E-state index in [1.54, 1.807) is 0 Å². The van der Waals surface area contributed by atoms with Crippen LogP contribution in [0.3, 0.4) is 0 Å². The monoisotopic (exact) mass is 609 g/mol. The molecule has 0 amide bonds. The number of halogens is 1. The van der Waals surface area contributed by atoms with E-state index < -0.39 is 11.9 Å². The number of aliphatic imine (C=N–C) groups is 1. The molecule has 1 saturated heterocycles. The van der Waals surface area contributed by atoms with Crippen molar-refractivity contribution in [2.24, 2.45) is 4.99 Å². The van der Waals surface area contributed by atoms with Crippen LogP contribution in [0.5, 0.6) is 0 Å². The number of ether oxygens (including phenoxy) is 2. The second kappa shape index (κ2) is 13.6. The van der Waals surface area contributed by atoms with Crippen LogP contribution in [0.1, 0.15) is 37.7 Å². The zero-order valence-electron chi connectivity index (χ0n) is 24.0. The summed E-state index contributed by atoms with van der Waals surface area (Å²) >= 11 is 11.9. The first-order chi connectivity index (χ1) is 20.1. The molecule has 0 saturated carbocycles. The van der Waals surface area contributed by atoms with Gasteiger partial charge in [0.05, 0.1) is 25.3 Å². The molecule has 4 rings (SSSR count). The van der Waals surface area contributed by atoms with Crippen molar-refractivity contribution in [2.75, 3.05) is 55.9 Å². The highest BCUT2D eigenvalue weighted by molar-refractivity contribution is 7.80. The minimum Gasteiger partial charge on any atom is -0.465 e. The van der Waals surface area contributed by atoms with Gasteiger partial charge in [-0.25, -0.2) is 19.6 Å². The average Bonchev–Trinajstić information content (AvgIpc) is 2.96. The van der Waals surface area contributed by atoms with Crippen LogP contribution >= 0.6 is 23.8 Å². The lowest BCUT2D eigenvalue weighted by Crippen LogP contribution is -2.51. The van der Waals surface area contributed by atoms with Gasteiger partial charge in [-0.1, -0.05) is 17.7 Å². The number of hydrogen-bond acceptors (Lipinski definition) is 8. The third kappa shape index (κ3) is 7.71. The topological polar surface area (TPSA) is 121 Å². The zero-order chi connectivity index (χ0) is 30.4. The summed E-state index contributed by atoms with van der Waals surface area (Å²) in [5.41, 5.74) is 4.54. The normalized spacial score (nSPS) is 13.4. The number of carbonyl (C=O) groups is 2. The van der Waals surface area contributed by atoms with E-state index in [1.165, 1.54) is 32.4 Å². The molecule has 0 unspecified atom stereocenters. The van der Waals surface area contributed by atoms with Gasteiger partial charge in [0.25, 0.3) is 0 Å². The van der Waals surface area contributed by atoms with Crippen molar-refractivity contribution < 1.29 is 19.1 Å². The number of benzene rings is 2. The fraction of sp³-hybridized carbons (Fsp3) is 0.310. The summed E-state index contributed by atoms with van der Waals surface area (Å²) in [6.07, 6.45) is 0. The van der Waals surface area contributed by atoms with Gasteiger partial charge in [0.15, 0.2) is 0 Å². The number of hydrogen-bond donors (Lipinski definition) is 2. The standard InChI is InChI=1S/C29H32ClN7O4S/c1-17-6-7-22(30)16-24(17)36-8-10-37(11-9-36)28(34-27-31-18(2)12-19(3)32-27)35-29(42)33-23-14-20(25(38)40-4)13-21(15-23)26(39)41-5/h6-7,12-16H,8-11H2,1-5H3,(H2,31,32,33,34,35,42). The van der Waals surface area contributed by atoms with E-state index >= 15 is 0 Å². The van der Waals surface area contributed by atoms with Crippen LogP contribution < -0.4 is 15.5 Å². The fourth-order valence-electron chi connectivity index (χ4n) is 4.56. The molecule has 1 aromatic heterocycles. The van der Waals surface area contributed by atoms with E-state index in [0.29, 0.717) is 35.7 Å². The summed E-state index contributed by atoms with van der Waals surface area (Å²) in [6, 6.07) is 12.2. The Bertz CT molecular complexity index is 1490. The molecule has 2 N–H and O–H groups in total. The summed E-state index contributed by atoms with van der Waals surface area (Å²) in [5.74, 6) is -0.374. The highest BCUT2D eigenvalue weighted by atomic mass is 35.5. The summed E-state index contributed by atoms with van der Waals surface area (Å²) < 4.78 is 9.66. The van der Waals surface area contributed by atoms with Gasteiger partial charge in [0.1, 0.15) is 0 Å². The number of esters is 2. The summed E-state index contributed by atoms with van der Waals surface area (Å²) in [5, 5.41) is 7.02. The van der Waals surface area contributed by atoms with Gasteiger partial charge in [0, 0.05) is 54.0 Å². The smallest absolute Gasteiger partial charge is 0.337 e. The van der Waals surface area contributed by atoms with Crippen LogP contribution in [0.2, 0.25) is 5.02 Å². The quantitative estimate of drug-likeness (QED) is 0.182. The molecule has 1 aliphatic heterocycles. The van der Waals surface area contributed by atoms with Crippen molar-refractivity contribution in [1.82, 2.24) is 14.9 Å². The van der Waals surface area contributed by atoms with Crippen LogP contribution in [0.15, 0.2) is 47.5 Å². The molecule has 13 heteroatoms. The molecular weight excluding hydrogens is 578 g/mol. The molecule has 220 valence electrons. The van der Waals surface area contributed by atoms with Gasteiger partial charge in [-0.15, -0.1) is 0 Å². The molecular formula is C29H32ClN7O4S. The first-order valence-electron chi connectivity index (χ1n) is 13.1. The molecule has 2 aromatic carbocycles. The van der Waals surface area contributed by atoms with Gasteiger partial charge in [-0.05, 0) is 75.0 Å².